The lowest BCUT2D eigenvalue weighted by Gasteiger charge is -2.09. The smallest absolute Gasteiger partial charge is 0.0491 e. The van der Waals surface area contributed by atoms with Crippen molar-refractivity contribution in [1.29, 1.82) is 0 Å². The second-order valence-corrected chi connectivity index (χ2v) is 6.61. The molecule has 4 aromatic rings. The fraction of sp³-hybridized carbons (Fsp3) is 0.182. The monoisotopic (exact) mass is 297 g/mol. The highest BCUT2D eigenvalue weighted by atomic mass is 15.1. The molecule has 0 aliphatic heterocycles. The number of nitrogens with zero attached hydrogens (tertiary/aromatic N) is 1. The minimum atomic E-state index is 0.698. The van der Waals surface area contributed by atoms with E-state index in [1.165, 1.54) is 51.3 Å². The molecule has 5 rings (SSSR count). The predicted molar refractivity (Wildman–Crippen MR) is 97.9 cm³/mol. The summed E-state index contributed by atoms with van der Waals surface area (Å²) in [6.07, 6.45) is 2.63. The minimum Gasteiger partial charge on any atom is -0.341 e. The molecule has 0 N–H and O–H groups in total. The van der Waals surface area contributed by atoms with Gasteiger partial charge in [-0.05, 0) is 42.2 Å². The molecule has 112 valence electrons. The maximum absolute atomic E-state index is 2.56. The zero-order valence-corrected chi connectivity index (χ0v) is 13.3. The number of para-hydroxylation sites is 1. The maximum Gasteiger partial charge on any atom is 0.0491 e. The van der Waals surface area contributed by atoms with Crippen molar-refractivity contribution in [1.82, 2.24) is 4.57 Å². The zero-order chi connectivity index (χ0) is 15.4. The molecule has 1 aromatic heterocycles. The molecule has 0 amide bonds. The molecule has 3 aromatic carbocycles. The Kier molecular flexibility index (Phi) is 2.66. The quantitative estimate of drug-likeness (QED) is 0.421. The summed E-state index contributed by atoms with van der Waals surface area (Å²) in [6.45, 7) is 2.29. The van der Waals surface area contributed by atoms with Crippen LogP contribution < -0.4 is 0 Å². The Morgan fingerprint density at radius 1 is 0.783 bits per heavy atom. The third kappa shape index (κ3) is 1.86. The van der Waals surface area contributed by atoms with Crippen molar-refractivity contribution in [2.75, 3.05) is 0 Å². The summed E-state index contributed by atoms with van der Waals surface area (Å²) < 4.78 is 2.56. The lowest BCUT2D eigenvalue weighted by atomic mass is 9.96. The standard InChI is InChI=1S/C22H19N/c1-15-22(19-11-6-8-16-7-2-3-9-18(16)19)20-10-4-5-12-21(20)23(15)17-13-14-17/h2-12,17H,13-14H2,1H3. The lowest BCUT2D eigenvalue weighted by molar-refractivity contribution is 0.750. The highest BCUT2D eigenvalue weighted by Gasteiger charge is 2.28. The molecule has 1 aliphatic carbocycles. The van der Waals surface area contributed by atoms with Gasteiger partial charge in [0.25, 0.3) is 0 Å². The summed E-state index contributed by atoms with van der Waals surface area (Å²) >= 11 is 0. The average Bonchev–Trinajstić information content (AvgIpc) is 3.38. The van der Waals surface area contributed by atoms with Gasteiger partial charge < -0.3 is 4.57 Å². The van der Waals surface area contributed by atoms with Gasteiger partial charge in [0.05, 0.1) is 0 Å². The minimum absolute atomic E-state index is 0.698. The molecular formula is C22H19N. The van der Waals surface area contributed by atoms with Crippen LogP contribution in [0.1, 0.15) is 24.6 Å². The molecule has 0 saturated heterocycles. The van der Waals surface area contributed by atoms with E-state index < -0.39 is 0 Å². The van der Waals surface area contributed by atoms with E-state index in [1.54, 1.807) is 0 Å². The summed E-state index contributed by atoms with van der Waals surface area (Å²) in [5.74, 6) is 0. The first-order valence-electron chi connectivity index (χ1n) is 8.42. The first-order chi connectivity index (χ1) is 11.3. The topological polar surface area (TPSA) is 4.93 Å². The van der Waals surface area contributed by atoms with Crippen LogP contribution in [0.4, 0.5) is 0 Å². The third-order valence-corrected chi connectivity index (χ3v) is 5.13. The summed E-state index contributed by atoms with van der Waals surface area (Å²) in [5, 5.41) is 4.04. The molecule has 0 radical (unpaired) electrons. The van der Waals surface area contributed by atoms with E-state index in [4.69, 9.17) is 0 Å². The van der Waals surface area contributed by atoms with E-state index in [0.717, 1.165) is 0 Å². The molecule has 0 bridgehead atoms. The van der Waals surface area contributed by atoms with E-state index in [9.17, 15) is 0 Å². The number of aromatic nitrogens is 1. The number of benzene rings is 3. The molecule has 0 unspecified atom stereocenters. The summed E-state index contributed by atoms with van der Waals surface area (Å²) in [6, 6.07) is 24.9. The Labute approximate surface area is 136 Å². The number of fused-ring (bicyclic) bond motifs is 2. The molecule has 0 atom stereocenters. The molecule has 1 fully saturated rings. The second-order valence-electron chi connectivity index (χ2n) is 6.61. The Hall–Kier alpha value is -2.54. The fourth-order valence-corrected chi connectivity index (χ4v) is 3.98. The van der Waals surface area contributed by atoms with Gasteiger partial charge in [0.1, 0.15) is 0 Å². The van der Waals surface area contributed by atoms with E-state index in [2.05, 4.69) is 78.2 Å². The first-order valence-corrected chi connectivity index (χ1v) is 8.42. The molecule has 1 saturated carbocycles. The van der Waals surface area contributed by atoms with Gasteiger partial charge in [-0.15, -0.1) is 0 Å². The van der Waals surface area contributed by atoms with E-state index in [1.807, 2.05) is 0 Å². The lowest BCUT2D eigenvalue weighted by Crippen LogP contribution is -1.96. The van der Waals surface area contributed by atoms with Crippen LogP contribution in [0.25, 0.3) is 32.8 Å². The van der Waals surface area contributed by atoms with Crippen molar-refractivity contribution in [3.05, 3.63) is 72.4 Å². The van der Waals surface area contributed by atoms with Crippen LogP contribution in [0.5, 0.6) is 0 Å². The summed E-state index contributed by atoms with van der Waals surface area (Å²) in [5.41, 5.74) is 5.56. The van der Waals surface area contributed by atoms with Gasteiger partial charge in [-0.3, -0.25) is 0 Å². The van der Waals surface area contributed by atoms with Crippen molar-refractivity contribution in [3.63, 3.8) is 0 Å². The van der Waals surface area contributed by atoms with Gasteiger partial charge in [-0.1, -0.05) is 60.7 Å². The van der Waals surface area contributed by atoms with Crippen molar-refractivity contribution in [3.8, 4) is 11.1 Å². The van der Waals surface area contributed by atoms with E-state index in [0.29, 0.717) is 6.04 Å². The zero-order valence-electron chi connectivity index (χ0n) is 13.3. The van der Waals surface area contributed by atoms with Crippen molar-refractivity contribution in [2.24, 2.45) is 0 Å². The van der Waals surface area contributed by atoms with Crippen molar-refractivity contribution in [2.45, 2.75) is 25.8 Å². The molecule has 1 aliphatic rings. The van der Waals surface area contributed by atoms with Crippen molar-refractivity contribution >= 4 is 21.7 Å². The van der Waals surface area contributed by atoms with Crippen LogP contribution >= 0.6 is 0 Å². The SMILES string of the molecule is Cc1c(-c2cccc3ccccc23)c2ccccc2n1C1CC1. The van der Waals surface area contributed by atoms with E-state index in [-0.39, 0.29) is 0 Å². The number of hydrogen-bond acceptors (Lipinski definition) is 0. The molecule has 0 spiro atoms. The molecule has 1 nitrogen and oxygen atoms in total. The third-order valence-electron chi connectivity index (χ3n) is 5.13. The largest absolute Gasteiger partial charge is 0.341 e. The highest BCUT2D eigenvalue weighted by Crippen LogP contribution is 2.45. The van der Waals surface area contributed by atoms with Gasteiger partial charge in [0.2, 0.25) is 0 Å². The van der Waals surface area contributed by atoms with Crippen LogP contribution in [-0.2, 0) is 0 Å². The Bertz CT molecular complexity index is 1030. The Morgan fingerprint density at radius 2 is 1.48 bits per heavy atom. The average molecular weight is 297 g/mol. The second kappa shape index (κ2) is 4.73. The summed E-state index contributed by atoms with van der Waals surface area (Å²) in [4.78, 5) is 0. The molecular weight excluding hydrogens is 278 g/mol. The van der Waals surface area contributed by atoms with Gasteiger partial charge in [-0.25, -0.2) is 0 Å². The predicted octanol–water partition coefficient (Wildman–Crippen LogP) is 6.10. The molecule has 1 heteroatoms. The van der Waals surface area contributed by atoms with Crippen molar-refractivity contribution < 1.29 is 0 Å². The highest BCUT2D eigenvalue weighted by molar-refractivity contribution is 6.06. The maximum atomic E-state index is 2.56. The summed E-state index contributed by atoms with van der Waals surface area (Å²) in [7, 11) is 0. The fourth-order valence-electron chi connectivity index (χ4n) is 3.98. The van der Waals surface area contributed by atoms with Crippen LogP contribution in [0.3, 0.4) is 0 Å². The van der Waals surface area contributed by atoms with E-state index >= 15 is 0 Å². The first kappa shape index (κ1) is 13.0. The van der Waals surface area contributed by atoms with Crippen LogP contribution in [0.15, 0.2) is 66.7 Å². The number of hydrogen-bond donors (Lipinski definition) is 0. The Balaban J connectivity index is 1.91. The molecule has 23 heavy (non-hydrogen) atoms. The van der Waals surface area contributed by atoms with Gasteiger partial charge >= 0.3 is 0 Å². The van der Waals surface area contributed by atoms with Gasteiger partial charge in [0.15, 0.2) is 0 Å². The number of rotatable bonds is 2. The van der Waals surface area contributed by atoms with Gasteiger partial charge in [-0.2, -0.15) is 0 Å². The van der Waals surface area contributed by atoms with Crippen LogP contribution in [0.2, 0.25) is 0 Å². The van der Waals surface area contributed by atoms with Crippen LogP contribution in [-0.4, -0.2) is 4.57 Å². The normalized spacial score (nSPS) is 14.7. The Morgan fingerprint density at radius 3 is 2.30 bits per heavy atom. The van der Waals surface area contributed by atoms with Gasteiger partial charge in [0, 0.05) is 28.2 Å². The van der Waals surface area contributed by atoms with Crippen LogP contribution in [0, 0.1) is 6.92 Å². The molecule has 1 heterocycles.